The van der Waals surface area contributed by atoms with Crippen LogP contribution in [0.25, 0.3) is 0 Å². The zero-order valence-electron chi connectivity index (χ0n) is 8.46. The first-order valence-electron chi connectivity index (χ1n) is 5.24. The Balaban J connectivity index is 2.21. The Morgan fingerprint density at radius 2 is 2.29 bits per heavy atom. The zero-order valence-corrected chi connectivity index (χ0v) is 9.22. The van der Waals surface area contributed by atoms with Crippen molar-refractivity contribution in [1.29, 1.82) is 0 Å². The lowest BCUT2D eigenvalue weighted by Crippen LogP contribution is -2.27. The molecule has 4 heteroatoms. The smallest absolute Gasteiger partial charge is 0.202 e. The summed E-state index contributed by atoms with van der Waals surface area (Å²) in [6.07, 6.45) is 4.33. The van der Waals surface area contributed by atoms with Crippen molar-refractivity contribution >= 4 is 11.6 Å². The molecule has 1 aliphatic rings. The summed E-state index contributed by atoms with van der Waals surface area (Å²) < 4.78 is 2.11. The van der Waals surface area contributed by atoms with E-state index < -0.39 is 0 Å². The summed E-state index contributed by atoms with van der Waals surface area (Å²) in [5.74, 6) is 0.635. The largest absolute Gasteiger partial charge is 0.319 e. The summed E-state index contributed by atoms with van der Waals surface area (Å²) >= 11 is 6.00. The van der Waals surface area contributed by atoms with Crippen LogP contribution in [0.5, 0.6) is 0 Å². The number of imidazole rings is 1. The van der Waals surface area contributed by atoms with Crippen molar-refractivity contribution in [3.05, 3.63) is 17.2 Å². The standard InChI is InChI=1S/C10H16ClN3/c1-2-14-9(7-13-10(14)11)8-3-5-12-6-4-8/h7-8,12H,2-6H2,1H3. The van der Waals surface area contributed by atoms with E-state index in [2.05, 4.69) is 21.8 Å². The molecule has 0 spiro atoms. The molecule has 0 atom stereocenters. The average Bonchev–Trinajstić information content (AvgIpc) is 2.61. The fourth-order valence-corrected chi connectivity index (χ4v) is 2.39. The highest BCUT2D eigenvalue weighted by atomic mass is 35.5. The molecule has 0 unspecified atom stereocenters. The quantitative estimate of drug-likeness (QED) is 0.815. The SMILES string of the molecule is CCn1c(C2CCNCC2)cnc1Cl. The van der Waals surface area contributed by atoms with Gasteiger partial charge in [0.1, 0.15) is 0 Å². The fraction of sp³-hybridized carbons (Fsp3) is 0.700. The highest BCUT2D eigenvalue weighted by molar-refractivity contribution is 6.28. The molecule has 0 saturated carbocycles. The Hall–Kier alpha value is -0.540. The average molecular weight is 214 g/mol. The van der Waals surface area contributed by atoms with E-state index in [9.17, 15) is 0 Å². The maximum absolute atomic E-state index is 6.00. The van der Waals surface area contributed by atoms with E-state index in [1.807, 2.05) is 6.20 Å². The second-order valence-electron chi connectivity index (χ2n) is 3.72. The van der Waals surface area contributed by atoms with Crippen LogP contribution in [0, 0.1) is 0 Å². The molecule has 3 nitrogen and oxygen atoms in total. The van der Waals surface area contributed by atoms with Crippen molar-refractivity contribution in [2.45, 2.75) is 32.2 Å². The number of nitrogens with zero attached hydrogens (tertiary/aromatic N) is 2. The Labute approximate surface area is 89.5 Å². The monoisotopic (exact) mass is 213 g/mol. The van der Waals surface area contributed by atoms with E-state index in [4.69, 9.17) is 11.6 Å². The van der Waals surface area contributed by atoms with Crippen molar-refractivity contribution in [2.24, 2.45) is 0 Å². The molecule has 2 rings (SSSR count). The normalized spacial score (nSPS) is 18.7. The number of hydrogen-bond donors (Lipinski definition) is 1. The van der Waals surface area contributed by atoms with E-state index in [0.717, 1.165) is 19.6 Å². The predicted molar refractivity (Wildman–Crippen MR) is 57.8 cm³/mol. The molecular formula is C10H16ClN3. The lowest BCUT2D eigenvalue weighted by Gasteiger charge is -2.23. The van der Waals surface area contributed by atoms with Gasteiger partial charge in [0.25, 0.3) is 0 Å². The lowest BCUT2D eigenvalue weighted by molar-refractivity contribution is 0.441. The molecule has 2 heterocycles. The predicted octanol–water partition coefficient (Wildman–Crippen LogP) is 2.02. The number of aromatic nitrogens is 2. The van der Waals surface area contributed by atoms with Gasteiger partial charge in [-0.2, -0.15) is 0 Å². The number of rotatable bonds is 2. The van der Waals surface area contributed by atoms with Crippen molar-refractivity contribution < 1.29 is 0 Å². The number of hydrogen-bond acceptors (Lipinski definition) is 2. The first kappa shape index (κ1) is 9.99. The van der Waals surface area contributed by atoms with Gasteiger partial charge in [-0.15, -0.1) is 0 Å². The van der Waals surface area contributed by atoms with Crippen molar-refractivity contribution in [1.82, 2.24) is 14.9 Å². The minimum absolute atomic E-state index is 0.626. The van der Waals surface area contributed by atoms with E-state index in [0.29, 0.717) is 11.2 Å². The first-order valence-corrected chi connectivity index (χ1v) is 5.62. The van der Waals surface area contributed by atoms with Crippen LogP contribution < -0.4 is 5.32 Å². The topological polar surface area (TPSA) is 29.9 Å². The van der Waals surface area contributed by atoms with Gasteiger partial charge in [-0.1, -0.05) is 0 Å². The Bertz CT molecular complexity index is 302. The van der Waals surface area contributed by atoms with Crippen LogP contribution in [0.2, 0.25) is 5.28 Å². The molecule has 1 saturated heterocycles. The first-order chi connectivity index (χ1) is 6.83. The molecule has 0 amide bonds. The maximum Gasteiger partial charge on any atom is 0.202 e. The Morgan fingerprint density at radius 3 is 2.93 bits per heavy atom. The molecule has 0 aromatic carbocycles. The summed E-state index contributed by atoms with van der Waals surface area (Å²) in [6.45, 7) is 5.24. The van der Waals surface area contributed by atoms with Gasteiger partial charge in [-0.25, -0.2) is 4.98 Å². The molecule has 0 radical (unpaired) electrons. The molecule has 0 bridgehead atoms. The van der Waals surface area contributed by atoms with Gasteiger partial charge in [0.2, 0.25) is 5.28 Å². The second kappa shape index (κ2) is 4.32. The molecule has 0 aliphatic carbocycles. The van der Waals surface area contributed by atoms with Crippen LogP contribution in [0.4, 0.5) is 0 Å². The maximum atomic E-state index is 6.00. The van der Waals surface area contributed by atoms with Crippen LogP contribution in [0.15, 0.2) is 6.20 Å². The zero-order chi connectivity index (χ0) is 9.97. The Morgan fingerprint density at radius 1 is 1.57 bits per heavy atom. The third kappa shape index (κ3) is 1.79. The third-order valence-electron chi connectivity index (χ3n) is 2.91. The van der Waals surface area contributed by atoms with E-state index >= 15 is 0 Å². The summed E-state index contributed by atoms with van der Waals surface area (Å²) in [5, 5.41) is 3.99. The number of nitrogens with one attached hydrogen (secondary N) is 1. The van der Waals surface area contributed by atoms with E-state index in [1.165, 1.54) is 18.5 Å². The molecule has 78 valence electrons. The molecular weight excluding hydrogens is 198 g/mol. The van der Waals surface area contributed by atoms with Gasteiger partial charge in [0.05, 0.1) is 6.20 Å². The van der Waals surface area contributed by atoms with E-state index in [-0.39, 0.29) is 0 Å². The molecule has 1 aromatic rings. The minimum atomic E-state index is 0.626. The molecule has 1 N–H and O–H groups in total. The highest BCUT2D eigenvalue weighted by Crippen LogP contribution is 2.27. The summed E-state index contributed by atoms with van der Waals surface area (Å²) in [6, 6.07) is 0. The third-order valence-corrected chi connectivity index (χ3v) is 3.21. The van der Waals surface area contributed by atoms with Crippen molar-refractivity contribution in [2.75, 3.05) is 13.1 Å². The molecule has 14 heavy (non-hydrogen) atoms. The number of halogens is 1. The fourth-order valence-electron chi connectivity index (χ4n) is 2.12. The van der Waals surface area contributed by atoms with Gasteiger partial charge >= 0.3 is 0 Å². The second-order valence-corrected chi connectivity index (χ2v) is 4.06. The van der Waals surface area contributed by atoms with Crippen LogP contribution in [-0.2, 0) is 6.54 Å². The van der Waals surface area contributed by atoms with Crippen molar-refractivity contribution in [3.8, 4) is 0 Å². The van der Waals surface area contributed by atoms with Crippen molar-refractivity contribution in [3.63, 3.8) is 0 Å². The van der Waals surface area contributed by atoms with Crippen LogP contribution in [-0.4, -0.2) is 22.6 Å². The van der Waals surface area contributed by atoms with Crippen LogP contribution in [0.1, 0.15) is 31.4 Å². The van der Waals surface area contributed by atoms with Gasteiger partial charge < -0.3 is 9.88 Å². The van der Waals surface area contributed by atoms with Crippen LogP contribution >= 0.6 is 11.6 Å². The summed E-state index contributed by atoms with van der Waals surface area (Å²) in [4.78, 5) is 4.17. The van der Waals surface area contributed by atoms with Gasteiger partial charge in [-0.05, 0) is 44.5 Å². The van der Waals surface area contributed by atoms with Crippen LogP contribution in [0.3, 0.4) is 0 Å². The van der Waals surface area contributed by atoms with Gasteiger partial charge in [0.15, 0.2) is 0 Å². The summed E-state index contributed by atoms with van der Waals surface area (Å²) in [5.41, 5.74) is 1.30. The highest BCUT2D eigenvalue weighted by Gasteiger charge is 2.19. The summed E-state index contributed by atoms with van der Waals surface area (Å²) in [7, 11) is 0. The molecule has 1 aromatic heterocycles. The number of piperidine rings is 1. The van der Waals surface area contributed by atoms with Gasteiger partial charge in [-0.3, -0.25) is 0 Å². The molecule has 1 fully saturated rings. The lowest BCUT2D eigenvalue weighted by atomic mass is 9.95. The van der Waals surface area contributed by atoms with Gasteiger partial charge in [0, 0.05) is 18.2 Å². The van der Waals surface area contributed by atoms with E-state index in [1.54, 1.807) is 0 Å². The minimum Gasteiger partial charge on any atom is -0.319 e. The molecule has 1 aliphatic heterocycles. The Kier molecular flexibility index (Phi) is 3.08.